The van der Waals surface area contributed by atoms with Crippen molar-refractivity contribution >= 4 is 5.91 Å². The molecule has 2 heteroatoms. The molecule has 60 valence electrons. The van der Waals surface area contributed by atoms with Gasteiger partial charge in [-0.25, -0.2) is 0 Å². The molecule has 1 aliphatic rings. The van der Waals surface area contributed by atoms with Crippen molar-refractivity contribution in [1.82, 2.24) is 4.90 Å². The first-order chi connectivity index (χ1) is 5.16. The van der Waals surface area contributed by atoms with Crippen molar-refractivity contribution in [3.8, 4) is 12.3 Å². The summed E-state index contributed by atoms with van der Waals surface area (Å²) in [5, 5.41) is 0. The number of hydrogen-bond donors (Lipinski definition) is 0. The van der Waals surface area contributed by atoms with Crippen molar-refractivity contribution in [2.24, 2.45) is 5.92 Å². The largest absolute Gasteiger partial charge is 0.339 e. The third-order valence-electron chi connectivity index (χ3n) is 2.06. The second kappa shape index (κ2) is 2.96. The number of rotatable bonds is 1. The highest BCUT2D eigenvalue weighted by molar-refractivity contribution is 5.83. The molecule has 1 heterocycles. The van der Waals surface area contributed by atoms with Crippen molar-refractivity contribution in [3.63, 3.8) is 0 Å². The van der Waals surface area contributed by atoms with Crippen LogP contribution in [0.15, 0.2) is 0 Å². The standard InChI is InChI=1S/C9H13NO/c1-4-8-5-6-10(7(2)3)9(8)11/h1,7-8H,5-6H2,2-3H3/t8-/m1/s1. The van der Waals surface area contributed by atoms with E-state index in [0.717, 1.165) is 13.0 Å². The van der Waals surface area contributed by atoms with E-state index in [1.54, 1.807) is 0 Å². The van der Waals surface area contributed by atoms with Crippen LogP contribution in [0.2, 0.25) is 0 Å². The Morgan fingerprint density at radius 2 is 2.36 bits per heavy atom. The summed E-state index contributed by atoms with van der Waals surface area (Å²) in [5.74, 6) is 2.48. The smallest absolute Gasteiger partial charge is 0.238 e. The summed E-state index contributed by atoms with van der Waals surface area (Å²) in [6.07, 6.45) is 6.02. The van der Waals surface area contributed by atoms with E-state index < -0.39 is 0 Å². The molecule has 1 saturated heterocycles. The van der Waals surface area contributed by atoms with Crippen molar-refractivity contribution in [2.45, 2.75) is 26.3 Å². The minimum absolute atomic E-state index is 0.127. The Hall–Kier alpha value is -0.970. The Kier molecular flexibility index (Phi) is 2.19. The third-order valence-corrected chi connectivity index (χ3v) is 2.06. The van der Waals surface area contributed by atoms with Gasteiger partial charge in [-0.2, -0.15) is 0 Å². The Morgan fingerprint density at radius 3 is 2.64 bits per heavy atom. The molecule has 11 heavy (non-hydrogen) atoms. The second-order valence-electron chi connectivity index (χ2n) is 3.13. The molecule has 0 bridgehead atoms. The maximum Gasteiger partial charge on any atom is 0.238 e. The van der Waals surface area contributed by atoms with Crippen molar-refractivity contribution in [3.05, 3.63) is 0 Å². The molecule has 0 N–H and O–H groups in total. The predicted molar refractivity (Wildman–Crippen MR) is 43.8 cm³/mol. The summed E-state index contributed by atoms with van der Waals surface area (Å²) in [6, 6.07) is 0.292. The average molecular weight is 151 g/mol. The van der Waals surface area contributed by atoms with Gasteiger partial charge in [0.25, 0.3) is 0 Å². The van der Waals surface area contributed by atoms with Crippen LogP contribution >= 0.6 is 0 Å². The van der Waals surface area contributed by atoms with Crippen molar-refractivity contribution in [2.75, 3.05) is 6.54 Å². The Morgan fingerprint density at radius 1 is 1.73 bits per heavy atom. The van der Waals surface area contributed by atoms with Crippen LogP contribution in [-0.4, -0.2) is 23.4 Å². The maximum absolute atomic E-state index is 11.4. The van der Waals surface area contributed by atoms with Gasteiger partial charge in [-0.05, 0) is 20.3 Å². The number of nitrogens with zero attached hydrogens (tertiary/aromatic N) is 1. The van der Waals surface area contributed by atoms with Gasteiger partial charge in [0.1, 0.15) is 5.92 Å². The highest BCUT2D eigenvalue weighted by Gasteiger charge is 2.31. The number of carbonyl (C=O) groups excluding carboxylic acids is 1. The summed E-state index contributed by atoms with van der Waals surface area (Å²) in [7, 11) is 0. The van der Waals surface area contributed by atoms with E-state index in [1.165, 1.54) is 0 Å². The molecule has 0 aliphatic carbocycles. The lowest BCUT2D eigenvalue weighted by molar-refractivity contribution is -0.130. The van der Waals surface area contributed by atoms with Gasteiger partial charge in [0.05, 0.1) is 0 Å². The van der Waals surface area contributed by atoms with Gasteiger partial charge in [0, 0.05) is 12.6 Å². The molecule has 1 atom stereocenters. The van der Waals surface area contributed by atoms with E-state index in [1.807, 2.05) is 18.7 Å². The van der Waals surface area contributed by atoms with Crippen LogP contribution in [0.5, 0.6) is 0 Å². The van der Waals surface area contributed by atoms with Crippen LogP contribution in [-0.2, 0) is 4.79 Å². The summed E-state index contributed by atoms with van der Waals surface area (Å²) in [6.45, 7) is 4.85. The molecule has 0 aromatic heterocycles. The lowest BCUT2D eigenvalue weighted by atomic mass is 10.1. The lowest BCUT2D eigenvalue weighted by Gasteiger charge is -2.19. The number of amides is 1. The van der Waals surface area contributed by atoms with E-state index in [-0.39, 0.29) is 11.8 Å². The molecule has 0 aromatic rings. The van der Waals surface area contributed by atoms with Crippen molar-refractivity contribution in [1.29, 1.82) is 0 Å². The molecule has 1 amide bonds. The van der Waals surface area contributed by atoms with Gasteiger partial charge in [0.2, 0.25) is 5.91 Å². The van der Waals surface area contributed by atoms with E-state index in [4.69, 9.17) is 6.42 Å². The zero-order chi connectivity index (χ0) is 8.43. The summed E-state index contributed by atoms with van der Waals surface area (Å²) in [5.41, 5.74) is 0. The van der Waals surface area contributed by atoms with Gasteiger partial charge < -0.3 is 4.90 Å². The minimum atomic E-state index is -0.155. The average Bonchev–Trinajstić information content (AvgIpc) is 2.30. The Labute approximate surface area is 67.6 Å². The van der Waals surface area contributed by atoms with Gasteiger partial charge in [-0.15, -0.1) is 6.42 Å². The first-order valence-electron chi connectivity index (χ1n) is 3.93. The number of likely N-dealkylation sites (tertiary alicyclic amines) is 1. The topological polar surface area (TPSA) is 20.3 Å². The summed E-state index contributed by atoms with van der Waals surface area (Å²) in [4.78, 5) is 13.2. The molecule has 1 fully saturated rings. The molecule has 0 unspecified atom stereocenters. The quantitative estimate of drug-likeness (QED) is 0.509. The third kappa shape index (κ3) is 1.37. The Bertz CT molecular complexity index is 202. The van der Waals surface area contributed by atoms with E-state index >= 15 is 0 Å². The molecule has 0 radical (unpaired) electrons. The predicted octanol–water partition coefficient (Wildman–Crippen LogP) is 0.877. The lowest BCUT2D eigenvalue weighted by Crippen LogP contribution is -2.33. The summed E-state index contributed by atoms with van der Waals surface area (Å²) >= 11 is 0. The van der Waals surface area contributed by atoms with Gasteiger partial charge >= 0.3 is 0 Å². The highest BCUT2D eigenvalue weighted by atomic mass is 16.2. The van der Waals surface area contributed by atoms with Crippen LogP contribution in [0, 0.1) is 18.3 Å². The molecular weight excluding hydrogens is 138 g/mol. The maximum atomic E-state index is 11.4. The van der Waals surface area contributed by atoms with Crippen LogP contribution in [0.4, 0.5) is 0 Å². The second-order valence-corrected chi connectivity index (χ2v) is 3.13. The monoisotopic (exact) mass is 151 g/mol. The molecule has 0 aromatic carbocycles. The zero-order valence-electron chi connectivity index (χ0n) is 7.00. The first-order valence-corrected chi connectivity index (χ1v) is 3.93. The molecule has 1 rings (SSSR count). The van der Waals surface area contributed by atoms with Crippen LogP contribution in [0.3, 0.4) is 0 Å². The Balaban J connectivity index is 2.65. The fourth-order valence-electron chi connectivity index (χ4n) is 1.37. The molecule has 2 nitrogen and oxygen atoms in total. The number of terminal acetylenes is 1. The van der Waals surface area contributed by atoms with E-state index in [2.05, 4.69) is 5.92 Å². The highest BCUT2D eigenvalue weighted by Crippen LogP contribution is 2.18. The summed E-state index contributed by atoms with van der Waals surface area (Å²) < 4.78 is 0. The molecule has 1 aliphatic heterocycles. The minimum Gasteiger partial charge on any atom is -0.339 e. The molecular formula is C9H13NO. The van der Waals surface area contributed by atoms with Crippen LogP contribution in [0.25, 0.3) is 0 Å². The normalized spacial score (nSPS) is 24.4. The van der Waals surface area contributed by atoms with E-state index in [0.29, 0.717) is 6.04 Å². The van der Waals surface area contributed by atoms with Crippen LogP contribution < -0.4 is 0 Å². The number of carbonyl (C=O) groups is 1. The van der Waals surface area contributed by atoms with Gasteiger partial charge in [0.15, 0.2) is 0 Å². The fourth-order valence-corrected chi connectivity index (χ4v) is 1.37. The fraction of sp³-hybridized carbons (Fsp3) is 0.667. The SMILES string of the molecule is C#C[C@@H]1CCN(C(C)C)C1=O. The zero-order valence-corrected chi connectivity index (χ0v) is 7.00. The van der Waals surface area contributed by atoms with Gasteiger partial charge in [-0.1, -0.05) is 5.92 Å². The molecule has 0 spiro atoms. The van der Waals surface area contributed by atoms with Crippen molar-refractivity contribution < 1.29 is 4.79 Å². The molecule has 0 saturated carbocycles. The van der Waals surface area contributed by atoms with E-state index in [9.17, 15) is 4.79 Å². The van der Waals surface area contributed by atoms with Gasteiger partial charge in [-0.3, -0.25) is 4.79 Å². The van der Waals surface area contributed by atoms with Crippen LogP contribution in [0.1, 0.15) is 20.3 Å². The number of hydrogen-bond acceptors (Lipinski definition) is 1. The first kappa shape index (κ1) is 8.13.